The summed E-state index contributed by atoms with van der Waals surface area (Å²) in [6.45, 7) is 0. The van der Waals surface area contributed by atoms with Gasteiger partial charge in [0.2, 0.25) is 0 Å². The van der Waals surface area contributed by atoms with Crippen LogP contribution in [0.15, 0.2) is 0 Å². The molecule has 0 aliphatic carbocycles. The Morgan fingerprint density at radius 1 is 0.737 bits per heavy atom. The predicted octanol–water partition coefficient (Wildman–Crippen LogP) is 3.99. The van der Waals surface area contributed by atoms with Gasteiger partial charge in [-0.3, -0.25) is 0 Å². The van der Waals surface area contributed by atoms with Crippen LogP contribution < -0.4 is 0 Å². The molecule has 0 saturated heterocycles. The van der Waals surface area contributed by atoms with Crippen molar-refractivity contribution in [2.45, 2.75) is 70.4 Å². The molecule has 0 radical (unpaired) electrons. The van der Waals surface area contributed by atoms with E-state index in [1.54, 1.807) is 0 Å². The molecule has 0 unspecified atom stereocenters. The van der Waals surface area contributed by atoms with Crippen molar-refractivity contribution in [3.05, 3.63) is 0 Å². The third kappa shape index (κ3) is 17.7. The molecule has 0 bridgehead atoms. The molecule has 0 aromatic rings. The molecular formula is C12H22F3O3S-. The van der Waals surface area contributed by atoms with Crippen molar-refractivity contribution in [1.29, 1.82) is 0 Å². The van der Waals surface area contributed by atoms with E-state index in [2.05, 4.69) is 0 Å². The normalized spacial score (nSPS) is 12.8. The van der Waals surface area contributed by atoms with Crippen LogP contribution in [0, 0.1) is 0 Å². The van der Waals surface area contributed by atoms with Crippen LogP contribution in [0.25, 0.3) is 0 Å². The first kappa shape index (κ1) is 18.7. The Bertz CT molecular complexity index is 313. The van der Waals surface area contributed by atoms with Gasteiger partial charge in [-0.2, -0.15) is 13.2 Å². The Morgan fingerprint density at radius 3 is 1.47 bits per heavy atom. The molecule has 0 heterocycles. The van der Waals surface area contributed by atoms with Crippen molar-refractivity contribution in [1.82, 2.24) is 0 Å². The summed E-state index contributed by atoms with van der Waals surface area (Å²) >= 11 is 0. The molecule has 7 heteroatoms. The zero-order valence-corrected chi connectivity index (χ0v) is 11.9. The second-order valence-electron chi connectivity index (χ2n) is 4.81. The average Bonchev–Trinajstić information content (AvgIpc) is 2.22. The standard InChI is InChI=1S/C12H23F3O3S/c13-12(14,15)10-8-6-4-2-1-3-5-7-9-11-19(16,17)18/h1-11H2,(H,16,17,18)/p-1. The zero-order valence-electron chi connectivity index (χ0n) is 11.0. The highest BCUT2D eigenvalue weighted by molar-refractivity contribution is 7.85. The Hall–Kier alpha value is -0.300. The maximum absolute atomic E-state index is 11.8. The van der Waals surface area contributed by atoms with Crippen LogP contribution in [0.4, 0.5) is 13.2 Å². The van der Waals surface area contributed by atoms with Gasteiger partial charge in [-0.1, -0.05) is 44.9 Å². The van der Waals surface area contributed by atoms with Gasteiger partial charge in [0.15, 0.2) is 0 Å². The van der Waals surface area contributed by atoms with Gasteiger partial charge in [0.1, 0.15) is 0 Å². The fourth-order valence-corrected chi connectivity index (χ4v) is 2.40. The Morgan fingerprint density at radius 2 is 1.11 bits per heavy atom. The van der Waals surface area contributed by atoms with E-state index in [1.165, 1.54) is 0 Å². The summed E-state index contributed by atoms with van der Waals surface area (Å²) in [5, 5.41) is 0. The lowest BCUT2D eigenvalue weighted by atomic mass is 10.1. The van der Waals surface area contributed by atoms with Crippen LogP contribution in [0.5, 0.6) is 0 Å². The van der Waals surface area contributed by atoms with Crippen molar-refractivity contribution >= 4 is 10.1 Å². The van der Waals surface area contributed by atoms with Gasteiger partial charge >= 0.3 is 6.18 Å². The maximum Gasteiger partial charge on any atom is 0.389 e. The maximum atomic E-state index is 11.8. The first-order valence-electron chi connectivity index (χ1n) is 6.71. The molecule has 0 rings (SSSR count). The minimum absolute atomic E-state index is 0.199. The number of hydrogen-bond acceptors (Lipinski definition) is 3. The predicted molar refractivity (Wildman–Crippen MR) is 66.8 cm³/mol. The first-order valence-corrected chi connectivity index (χ1v) is 8.29. The monoisotopic (exact) mass is 303 g/mol. The summed E-state index contributed by atoms with van der Waals surface area (Å²) in [5.74, 6) is -0.301. The highest BCUT2D eigenvalue weighted by Crippen LogP contribution is 2.23. The van der Waals surface area contributed by atoms with Crippen molar-refractivity contribution in [2.24, 2.45) is 0 Å². The van der Waals surface area contributed by atoms with Gasteiger partial charge in [-0.05, 0) is 12.8 Å². The first-order chi connectivity index (χ1) is 8.71. The van der Waals surface area contributed by atoms with Crippen LogP contribution in [0.3, 0.4) is 0 Å². The third-order valence-electron chi connectivity index (χ3n) is 2.85. The van der Waals surface area contributed by atoms with Gasteiger partial charge in [0.05, 0.1) is 10.1 Å². The zero-order chi connectivity index (χ0) is 14.8. The minimum Gasteiger partial charge on any atom is -0.748 e. The van der Waals surface area contributed by atoms with Crippen LogP contribution >= 0.6 is 0 Å². The number of halogens is 3. The number of rotatable bonds is 11. The van der Waals surface area contributed by atoms with Gasteiger partial charge in [-0.15, -0.1) is 0 Å². The molecule has 0 N–H and O–H groups in total. The van der Waals surface area contributed by atoms with Gasteiger partial charge < -0.3 is 4.55 Å². The van der Waals surface area contributed by atoms with Crippen molar-refractivity contribution in [3.8, 4) is 0 Å². The molecule has 0 aliphatic rings. The number of unbranched alkanes of at least 4 members (excludes halogenated alkanes) is 8. The smallest absolute Gasteiger partial charge is 0.389 e. The molecule has 0 aromatic carbocycles. The second-order valence-corrected chi connectivity index (χ2v) is 6.33. The second kappa shape index (κ2) is 9.58. The van der Waals surface area contributed by atoms with E-state index >= 15 is 0 Å². The fraction of sp³-hybridized carbons (Fsp3) is 1.00. The Balaban J connectivity index is 3.16. The van der Waals surface area contributed by atoms with Crippen molar-refractivity contribution in [3.63, 3.8) is 0 Å². The fourth-order valence-electron chi connectivity index (χ4n) is 1.84. The molecule has 0 aliphatic heterocycles. The molecule has 19 heavy (non-hydrogen) atoms. The van der Waals surface area contributed by atoms with E-state index in [4.69, 9.17) is 0 Å². The minimum atomic E-state index is -4.09. The van der Waals surface area contributed by atoms with Crippen LogP contribution in [0.1, 0.15) is 64.2 Å². The quantitative estimate of drug-likeness (QED) is 0.428. The summed E-state index contributed by atoms with van der Waals surface area (Å²) in [7, 11) is -4.09. The highest BCUT2D eigenvalue weighted by atomic mass is 32.2. The van der Waals surface area contributed by atoms with Crippen molar-refractivity contribution in [2.75, 3.05) is 5.75 Å². The molecule has 3 nitrogen and oxygen atoms in total. The summed E-state index contributed by atoms with van der Waals surface area (Å²) in [5.41, 5.74) is 0. The number of hydrogen-bond donors (Lipinski definition) is 0. The van der Waals surface area contributed by atoms with Gasteiger partial charge in [0, 0.05) is 12.2 Å². The molecule has 0 atom stereocenters. The van der Waals surface area contributed by atoms with E-state index in [0.717, 1.165) is 38.5 Å². The van der Waals surface area contributed by atoms with E-state index < -0.39 is 22.7 Å². The molecular weight excluding hydrogens is 281 g/mol. The van der Waals surface area contributed by atoms with Crippen molar-refractivity contribution < 1.29 is 26.1 Å². The Kier molecular flexibility index (Phi) is 9.43. The lowest BCUT2D eigenvalue weighted by Gasteiger charge is -2.06. The average molecular weight is 303 g/mol. The lowest BCUT2D eigenvalue weighted by Crippen LogP contribution is -2.06. The molecule has 0 aromatic heterocycles. The van der Waals surface area contributed by atoms with Crippen LogP contribution in [-0.4, -0.2) is 24.9 Å². The summed E-state index contributed by atoms with van der Waals surface area (Å²) in [4.78, 5) is 0. The lowest BCUT2D eigenvalue weighted by molar-refractivity contribution is -0.135. The van der Waals surface area contributed by atoms with E-state index in [1.807, 2.05) is 0 Å². The van der Waals surface area contributed by atoms with E-state index in [9.17, 15) is 26.1 Å². The molecule has 0 saturated carbocycles. The Labute approximate surface area is 113 Å². The SMILES string of the molecule is O=S(=O)([O-])CCCCCCCCCCCC(F)(F)F. The molecule has 0 spiro atoms. The summed E-state index contributed by atoms with van der Waals surface area (Å²) < 4.78 is 66.4. The molecule has 0 fully saturated rings. The molecule has 116 valence electrons. The van der Waals surface area contributed by atoms with E-state index in [0.29, 0.717) is 12.8 Å². The third-order valence-corrected chi connectivity index (χ3v) is 3.64. The van der Waals surface area contributed by atoms with Crippen LogP contribution in [0.2, 0.25) is 0 Å². The molecule has 0 amide bonds. The highest BCUT2D eigenvalue weighted by Gasteiger charge is 2.25. The van der Waals surface area contributed by atoms with Gasteiger partial charge in [0.25, 0.3) is 0 Å². The summed E-state index contributed by atoms with van der Waals surface area (Å²) in [6.07, 6.45) is 1.68. The number of alkyl halides is 3. The van der Waals surface area contributed by atoms with E-state index in [-0.39, 0.29) is 12.2 Å². The largest absolute Gasteiger partial charge is 0.748 e. The topological polar surface area (TPSA) is 57.2 Å². The summed E-state index contributed by atoms with van der Waals surface area (Å²) in [6, 6.07) is 0. The van der Waals surface area contributed by atoms with Gasteiger partial charge in [-0.25, -0.2) is 8.42 Å². The van der Waals surface area contributed by atoms with Crippen LogP contribution in [-0.2, 0) is 10.1 Å².